The summed E-state index contributed by atoms with van der Waals surface area (Å²) in [5.74, 6) is 0.260. The van der Waals surface area contributed by atoms with Crippen LogP contribution in [0.25, 0.3) is 0 Å². The fourth-order valence-corrected chi connectivity index (χ4v) is 4.20. The average Bonchev–Trinajstić information content (AvgIpc) is 2.81. The minimum Gasteiger partial charge on any atom is -0.330 e. The van der Waals surface area contributed by atoms with Crippen LogP contribution in [0.5, 0.6) is 0 Å². The lowest BCUT2D eigenvalue weighted by molar-refractivity contribution is 0.459. The molecular formula is C11H15BrCl2N2O2S. The third kappa shape index (κ3) is 3.62. The van der Waals surface area contributed by atoms with Gasteiger partial charge >= 0.3 is 0 Å². The fraction of sp³-hybridized carbons (Fsp3) is 0.455. The summed E-state index contributed by atoms with van der Waals surface area (Å²) in [7, 11) is -3.43. The van der Waals surface area contributed by atoms with Gasteiger partial charge in [-0.25, -0.2) is 8.42 Å². The molecule has 1 heterocycles. The number of hydrogen-bond donors (Lipinski definition) is 1. The summed E-state index contributed by atoms with van der Waals surface area (Å²) in [6.07, 6.45) is 0.824. The summed E-state index contributed by atoms with van der Waals surface area (Å²) < 4.78 is 26.8. The Kier molecular flexibility index (Phi) is 6.10. The first-order valence-corrected chi connectivity index (χ1v) is 8.21. The van der Waals surface area contributed by atoms with Crippen molar-refractivity contribution in [2.75, 3.05) is 19.6 Å². The second-order valence-electron chi connectivity index (χ2n) is 4.33. The molecule has 2 N–H and O–H groups in total. The normalized spacial score (nSPS) is 20.3. The van der Waals surface area contributed by atoms with Gasteiger partial charge in [0.2, 0.25) is 10.0 Å². The zero-order valence-electron chi connectivity index (χ0n) is 10.1. The van der Waals surface area contributed by atoms with Crippen LogP contribution < -0.4 is 5.73 Å². The van der Waals surface area contributed by atoms with E-state index in [9.17, 15) is 8.42 Å². The molecule has 0 aromatic heterocycles. The van der Waals surface area contributed by atoms with E-state index in [1.807, 2.05) is 0 Å². The van der Waals surface area contributed by atoms with Crippen molar-refractivity contribution in [2.45, 2.75) is 11.3 Å². The van der Waals surface area contributed by atoms with Gasteiger partial charge < -0.3 is 5.73 Å². The molecule has 1 aliphatic heterocycles. The highest BCUT2D eigenvalue weighted by Crippen LogP contribution is 2.29. The zero-order valence-corrected chi connectivity index (χ0v) is 14.0. The van der Waals surface area contributed by atoms with Crippen LogP contribution in [0, 0.1) is 5.92 Å². The second kappa shape index (κ2) is 6.74. The first-order valence-electron chi connectivity index (χ1n) is 5.60. The Morgan fingerprint density at radius 3 is 2.68 bits per heavy atom. The lowest BCUT2D eigenvalue weighted by atomic mass is 10.1. The van der Waals surface area contributed by atoms with E-state index in [-0.39, 0.29) is 23.2 Å². The van der Waals surface area contributed by atoms with Crippen LogP contribution in [-0.4, -0.2) is 32.4 Å². The Morgan fingerprint density at radius 1 is 1.47 bits per heavy atom. The Labute approximate surface area is 132 Å². The first-order chi connectivity index (χ1) is 8.45. The van der Waals surface area contributed by atoms with E-state index in [0.717, 1.165) is 6.42 Å². The van der Waals surface area contributed by atoms with Crippen molar-refractivity contribution in [2.24, 2.45) is 11.7 Å². The molecule has 0 bridgehead atoms. The maximum atomic E-state index is 12.4. The van der Waals surface area contributed by atoms with Gasteiger partial charge in [-0.2, -0.15) is 4.31 Å². The maximum Gasteiger partial charge on any atom is 0.243 e. The molecule has 1 aliphatic rings. The van der Waals surface area contributed by atoms with E-state index in [4.69, 9.17) is 17.3 Å². The molecule has 1 fully saturated rings. The van der Waals surface area contributed by atoms with Crippen molar-refractivity contribution < 1.29 is 8.42 Å². The highest BCUT2D eigenvalue weighted by Gasteiger charge is 2.32. The Balaban J connectivity index is 0.00000180. The number of benzene rings is 1. The molecule has 0 amide bonds. The van der Waals surface area contributed by atoms with Gasteiger partial charge in [0.15, 0.2) is 0 Å². The van der Waals surface area contributed by atoms with E-state index >= 15 is 0 Å². The lowest BCUT2D eigenvalue weighted by Gasteiger charge is -2.16. The van der Waals surface area contributed by atoms with Crippen LogP contribution in [0.3, 0.4) is 0 Å². The smallest absolute Gasteiger partial charge is 0.243 e. The molecular weight excluding hydrogens is 375 g/mol. The molecule has 108 valence electrons. The number of nitrogens with two attached hydrogens (primary N) is 1. The molecule has 0 radical (unpaired) electrons. The minimum atomic E-state index is -3.43. The molecule has 0 spiro atoms. The van der Waals surface area contributed by atoms with Crippen molar-refractivity contribution >= 4 is 50.0 Å². The average molecular weight is 390 g/mol. The van der Waals surface area contributed by atoms with Gasteiger partial charge in [-0.3, -0.25) is 0 Å². The Morgan fingerprint density at radius 2 is 2.16 bits per heavy atom. The molecule has 1 aromatic rings. The largest absolute Gasteiger partial charge is 0.330 e. The second-order valence-corrected chi connectivity index (χ2v) is 7.53. The van der Waals surface area contributed by atoms with Crippen LogP contribution in [0.2, 0.25) is 5.02 Å². The Bertz CT molecular complexity index is 554. The van der Waals surface area contributed by atoms with Crippen molar-refractivity contribution in [1.29, 1.82) is 0 Å². The van der Waals surface area contributed by atoms with E-state index in [1.54, 1.807) is 6.07 Å². The summed E-state index contributed by atoms with van der Waals surface area (Å²) in [5.41, 5.74) is 5.58. The number of hydrogen-bond acceptors (Lipinski definition) is 3. The SMILES string of the molecule is Cl.NCC1CCN(S(=O)(=O)c2ccc(Cl)c(Br)c2)C1. The molecule has 19 heavy (non-hydrogen) atoms. The van der Waals surface area contributed by atoms with Crippen molar-refractivity contribution in [3.05, 3.63) is 27.7 Å². The predicted octanol–water partition coefficient (Wildman–Crippen LogP) is 2.49. The number of rotatable bonds is 3. The Hall–Kier alpha value is 0.150. The van der Waals surface area contributed by atoms with Gasteiger partial charge in [0.25, 0.3) is 0 Å². The summed E-state index contributed by atoms with van der Waals surface area (Å²) >= 11 is 9.10. The topological polar surface area (TPSA) is 63.4 Å². The summed E-state index contributed by atoms with van der Waals surface area (Å²) in [4.78, 5) is 0.261. The van der Waals surface area contributed by atoms with Crippen LogP contribution in [0.4, 0.5) is 0 Å². The lowest BCUT2D eigenvalue weighted by Crippen LogP contribution is -2.30. The van der Waals surface area contributed by atoms with Crippen LogP contribution in [0.15, 0.2) is 27.6 Å². The molecule has 1 saturated heterocycles. The van der Waals surface area contributed by atoms with Gasteiger partial charge in [-0.05, 0) is 53.0 Å². The number of halogens is 3. The highest BCUT2D eigenvalue weighted by atomic mass is 79.9. The van der Waals surface area contributed by atoms with Crippen molar-refractivity contribution in [1.82, 2.24) is 4.31 Å². The molecule has 1 unspecified atom stereocenters. The van der Waals surface area contributed by atoms with Crippen LogP contribution in [-0.2, 0) is 10.0 Å². The van der Waals surface area contributed by atoms with Gasteiger partial charge in [0.1, 0.15) is 0 Å². The maximum absolute atomic E-state index is 12.4. The molecule has 2 rings (SSSR count). The number of nitrogens with zero attached hydrogens (tertiary/aromatic N) is 1. The predicted molar refractivity (Wildman–Crippen MR) is 82.3 cm³/mol. The molecule has 1 aromatic carbocycles. The molecule has 0 aliphatic carbocycles. The standard InChI is InChI=1S/C11H14BrClN2O2S.ClH/c12-10-5-9(1-2-11(10)13)18(16,17)15-4-3-8(6-14)7-15;/h1-2,5,8H,3-4,6-7,14H2;1H. The monoisotopic (exact) mass is 388 g/mol. The van der Waals surface area contributed by atoms with Crippen molar-refractivity contribution in [3.63, 3.8) is 0 Å². The summed E-state index contributed by atoms with van der Waals surface area (Å²) in [6, 6.07) is 4.64. The zero-order chi connectivity index (χ0) is 13.3. The van der Waals surface area contributed by atoms with Gasteiger partial charge in [-0.15, -0.1) is 12.4 Å². The van der Waals surface area contributed by atoms with E-state index in [2.05, 4.69) is 15.9 Å². The quantitative estimate of drug-likeness (QED) is 0.863. The molecule has 0 saturated carbocycles. The van der Waals surface area contributed by atoms with E-state index in [0.29, 0.717) is 29.1 Å². The van der Waals surface area contributed by atoms with E-state index in [1.165, 1.54) is 16.4 Å². The molecule has 1 atom stereocenters. The highest BCUT2D eigenvalue weighted by molar-refractivity contribution is 9.10. The van der Waals surface area contributed by atoms with Gasteiger partial charge in [0.05, 0.1) is 9.92 Å². The van der Waals surface area contributed by atoms with Gasteiger partial charge in [-0.1, -0.05) is 11.6 Å². The molecule has 4 nitrogen and oxygen atoms in total. The minimum absolute atomic E-state index is 0. The summed E-state index contributed by atoms with van der Waals surface area (Å²) in [5, 5.41) is 0.496. The number of sulfonamides is 1. The van der Waals surface area contributed by atoms with Crippen molar-refractivity contribution in [3.8, 4) is 0 Å². The van der Waals surface area contributed by atoms with E-state index < -0.39 is 10.0 Å². The van der Waals surface area contributed by atoms with Gasteiger partial charge in [0, 0.05) is 17.6 Å². The third-order valence-corrected chi connectivity index (χ3v) is 6.19. The first kappa shape index (κ1) is 17.2. The third-order valence-electron chi connectivity index (χ3n) is 3.11. The van der Waals surface area contributed by atoms with Crippen LogP contribution in [0.1, 0.15) is 6.42 Å². The summed E-state index contributed by atoms with van der Waals surface area (Å²) in [6.45, 7) is 1.56. The fourth-order valence-electron chi connectivity index (χ4n) is 1.99. The van der Waals surface area contributed by atoms with Crippen LogP contribution >= 0.6 is 39.9 Å². The molecule has 8 heteroatoms.